The van der Waals surface area contributed by atoms with E-state index in [2.05, 4.69) is 20.9 Å². The zero-order chi connectivity index (χ0) is 15.3. The normalized spacial score (nSPS) is 12.0. The Kier molecular flexibility index (Phi) is 6.26. The molecule has 1 heterocycles. The fraction of sp³-hybridized carbons (Fsp3) is 0.615. The SMILES string of the molecule is CC(C)CN(CCCN)c1ncc(Br)cc1C(F)(F)F. The molecular weight excluding hydrogens is 335 g/mol. The first-order valence-electron chi connectivity index (χ1n) is 6.43. The highest BCUT2D eigenvalue weighted by atomic mass is 79.9. The van der Waals surface area contributed by atoms with E-state index in [1.807, 2.05) is 13.8 Å². The molecule has 0 saturated heterocycles. The molecule has 114 valence electrons. The van der Waals surface area contributed by atoms with Gasteiger partial charge in [-0.1, -0.05) is 13.8 Å². The van der Waals surface area contributed by atoms with E-state index in [-0.39, 0.29) is 11.7 Å². The molecular formula is C13H19BrF3N3. The molecule has 0 saturated carbocycles. The lowest BCUT2D eigenvalue weighted by molar-refractivity contribution is -0.137. The summed E-state index contributed by atoms with van der Waals surface area (Å²) in [6.07, 6.45) is -2.41. The van der Waals surface area contributed by atoms with Gasteiger partial charge in [-0.05, 0) is 40.9 Å². The first kappa shape index (κ1) is 17.2. The standard InChI is InChI=1S/C13H19BrF3N3/c1-9(2)8-20(5-3-4-18)12-11(13(15,16)17)6-10(14)7-19-12/h6-7,9H,3-5,8,18H2,1-2H3. The molecule has 0 aliphatic rings. The average Bonchev–Trinajstić information content (AvgIpc) is 2.33. The maximum absolute atomic E-state index is 13.1. The Morgan fingerprint density at radius 1 is 1.40 bits per heavy atom. The molecule has 0 spiro atoms. The van der Waals surface area contributed by atoms with Crippen molar-refractivity contribution < 1.29 is 13.2 Å². The minimum absolute atomic E-state index is 0.0251. The molecule has 1 rings (SSSR count). The van der Waals surface area contributed by atoms with Crippen LogP contribution in [0.2, 0.25) is 0 Å². The van der Waals surface area contributed by atoms with Crippen LogP contribution in [0.15, 0.2) is 16.7 Å². The monoisotopic (exact) mass is 353 g/mol. The minimum atomic E-state index is -4.43. The van der Waals surface area contributed by atoms with Gasteiger partial charge in [0.05, 0.1) is 5.56 Å². The van der Waals surface area contributed by atoms with Gasteiger partial charge >= 0.3 is 6.18 Å². The molecule has 0 radical (unpaired) electrons. The highest BCUT2D eigenvalue weighted by Crippen LogP contribution is 2.37. The van der Waals surface area contributed by atoms with Crippen molar-refractivity contribution in [2.24, 2.45) is 11.7 Å². The first-order chi connectivity index (χ1) is 9.25. The third kappa shape index (κ3) is 4.94. The molecule has 0 aromatic carbocycles. The van der Waals surface area contributed by atoms with Crippen LogP contribution in [0.1, 0.15) is 25.8 Å². The maximum atomic E-state index is 13.1. The molecule has 1 aromatic rings. The van der Waals surface area contributed by atoms with Gasteiger partial charge in [-0.15, -0.1) is 0 Å². The molecule has 2 N–H and O–H groups in total. The van der Waals surface area contributed by atoms with Crippen molar-refractivity contribution >= 4 is 21.7 Å². The van der Waals surface area contributed by atoms with E-state index >= 15 is 0 Å². The lowest BCUT2D eigenvalue weighted by Crippen LogP contribution is -2.32. The topological polar surface area (TPSA) is 42.1 Å². The van der Waals surface area contributed by atoms with Crippen molar-refractivity contribution in [2.75, 3.05) is 24.5 Å². The molecule has 0 unspecified atom stereocenters. The first-order valence-corrected chi connectivity index (χ1v) is 7.22. The van der Waals surface area contributed by atoms with Crippen molar-refractivity contribution in [1.82, 2.24) is 4.98 Å². The summed E-state index contributed by atoms with van der Waals surface area (Å²) in [4.78, 5) is 5.63. The number of nitrogens with zero attached hydrogens (tertiary/aromatic N) is 2. The molecule has 20 heavy (non-hydrogen) atoms. The van der Waals surface area contributed by atoms with Crippen LogP contribution in [-0.2, 0) is 6.18 Å². The summed E-state index contributed by atoms with van der Waals surface area (Å²) >= 11 is 3.04. The number of rotatable bonds is 6. The quantitative estimate of drug-likeness (QED) is 0.848. The van der Waals surface area contributed by atoms with E-state index in [4.69, 9.17) is 5.73 Å². The third-order valence-corrected chi connectivity index (χ3v) is 3.09. The zero-order valence-electron chi connectivity index (χ0n) is 11.5. The van der Waals surface area contributed by atoms with Gasteiger partial charge in [-0.25, -0.2) is 4.98 Å². The average molecular weight is 354 g/mol. The summed E-state index contributed by atoms with van der Waals surface area (Å²) < 4.78 is 39.7. The molecule has 0 amide bonds. The molecule has 0 aliphatic heterocycles. The van der Waals surface area contributed by atoms with Crippen LogP contribution in [0.4, 0.5) is 19.0 Å². The number of nitrogens with two attached hydrogens (primary N) is 1. The fourth-order valence-electron chi connectivity index (χ4n) is 1.90. The molecule has 0 fully saturated rings. The Morgan fingerprint density at radius 2 is 2.05 bits per heavy atom. The summed E-state index contributed by atoms with van der Waals surface area (Å²) in [7, 11) is 0. The van der Waals surface area contributed by atoms with Crippen LogP contribution in [0, 0.1) is 5.92 Å². The molecule has 7 heteroatoms. The fourth-order valence-corrected chi connectivity index (χ4v) is 2.23. The van der Waals surface area contributed by atoms with Crippen molar-refractivity contribution in [2.45, 2.75) is 26.4 Å². The van der Waals surface area contributed by atoms with E-state index in [9.17, 15) is 13.2 Å². The predicted octanol–water partition coefficient (Wildman–Crippen LogP) is 3.67. The number of halogens is 4. The van der Waals surface area contributed by atoms with Crippen LogP contribution in [0.5, 0.6) is 0 Å². The Labute approximate surface area is 125 Å². The number of aromatic nitrogens is 1. The lowest BCUT2D eigenvalue weighted by atomic mass is 10.1. The summed E-state index contributed by atoms with van der Waals surface area (Å²) in [5.74, 6) is 0.210. The van der Waals surface area contributed by atoms with Gasteiger partial charge in [0.2, 0.25) is 0 Å². The minimum Gasteiger partial charge on any atom is -0.356 e. The summed E-state index contributed by atoms with van der Waals surface area (Å²) in [5.41, 5.74) is 4.74. The van der Waals surface area contributed by atoms with E-state index in [1.165, 1.54) is 6.20 Å². The van der Waals surface area contributed by atoms with E-state index in [0.29, 0.717) is 30.5 Å². The van der Waals surface area contributed by atoms with Crippen LogP contribution in [0.25, 0.3) is 0 Å². The van der Waals surface area contributed by atoms with Crippen LogP contribution >= 0.6 is 15.9 Å². The number of hydrogen-bond donors (Lipinski definition) is 1. The van der Waals surface area contributed by atoms with Gasteiger partial charge < -0.3 is 10.6 Å². The van der Waals surface area contributed by atoms with Gasteiger partial charge in [0, 0.05) is 23.8 Å². The predicted molar refractivity (Wildman–Crippen MR) is 77.7 cm³/mol. The molecule has 3 nitrogen and oxygen atoms in total. The van der Waals surface area contributed by atoms with Crippen LogP contribution < -0.4 is 10.6 Å². The Hall–Kier alpha value is -0.820. The number of alkyl halides is 3. The molecule has 0 atom stereocenters. The molecule has 0 bridgehead atoms. The van der Waals surface area contributed by atoms with Crippen LogP contribution in [0.3, 0.4) is 0 Å². The van der Waals surface area contributed by atoms with Crippen molar-refractivity contribution in [3.8, 4) is 0 Å². The Morgan fingerprint density at radius 3 is 2.55 bits per heavy atom. The van der Waals surface area contributed by atoms with Gasteiger partial charge in [0.25, 0.3) is 0 Å². The summed E-state index contributed by atoms with van der Waals surface area (Å²) in [6, 6.07) is 1.07. The Balaban J connectivity index is 3.17. The van der Waals surface area contributed by atoms with Gasteiger partial charge in [0.1, 0.15) is 5.82 Å². The van der Waals surface area contributed by atoms with E-state index < -0.39 is 11.7 Å². The highest BCUT2D eigenvalue weighted by molar-refractivity contribution is 9.10. The number of pyridine rings is 1. The van der Waals surface area contributed by atoms with Crippen LogP contribution in [-0.4, -0.2) is 24.6 Å². The maximum Gasteiger partial charge on any atom is 0.419 e. The second-order valence-corrected chi connectivity index (χ2v) is 5.92. The largest absolute Gasteiger partial charge is 0.419 e. The summed E-state index contributed by atoms with van der Waals surface area (Å²) in [5, 5.41) is 0. The molecule has 1 aromatic heterocycles. The number of anilines is 1. The van der Waals surface area contributed by atoms with Gasteiger partial charge in [0.15, 0.2) is 0 Å². The van der Waals surface area contributed by atoms with Gasteiger partial charge in [-0.3, -0.25) is 0 Å². The van der Waals surface area contributed by atoms with Crippen molar-refractivity contribution in [1.29, 1.82) is 0 Å². The second-order valence-electron chi connectivity index (χ2n) is 5.00. The molecule has 0 aliphatic carbocycles. The van der Waals surface area contributed by atoms with E-state index in [1.54, 1.807) is 4.90 Å². The Bertz CT molecular complexity index is 435. The summed E-state index contributed by atoms with van der Waals surface area (Å²) in [6.45, 7) is 5.33. The highest BCUT2D eigenvalue weighted by Gasteiger charge is 2.36. The zero-order valence-corrected chi connectivity index (χ0v) is 13.1. The van der Waals surface area contributed by atoms with Crippen molar-refractivity contribution in [3.63, 3.8) is 0 Å². The third-order valence-electron chi connectivity index (χ3n) is 2.66. The van der Waals surface area contributed by atoms with Crippen molar-refractivity contribution in [3.05, 3.63) is 22.3 Å². The smallest absolute Gasteiger partial charge is 0.356 e. The number of hydrogen-bond acceptors (Lipinski definition) is 3. The van der Waals surface area contributed by atoms with Gasteiger partial charge in [-0.2, -0.15) is 13.2 Å². The lowest BCUT2D eigenvalue weighted by Gasteiger charge is -2.28. The van der Waals surface area contributed by atoms with E-state index in [0.717, 1.165) is 6.07 Å². The second kappa shape index (κ2) is 7.26.